The smallest absolute Gasteiger partial charge is 0.170 e. The molecular formula is C12H29NOSi. The second-order valence-electron chi connectivity index (χ2n) is 6.41. The SMILES string of the molecule is C[SiH](C)OCCN(C(C)(C)C)C(C)(C)C. The Kier molecular flexibility index (Phi) is 5.51. The van der Waals surface area contributed by atoms with Gasteiger partial charge in [-0.05, 0) is 54.6 Å². The predicted octanol–water partition coefficient (Wildman–Crippen LogP) is 2.89. The summed E-state index contributed by atoms with van der Waals surface area (Å²) in [5.74, 6) is 0. The zero-order valence-corrected chi connectivity index (χ0v) is 13.0. The van der Waals surface area contributed by atoms with Gasteiger partial charge in [-0.3, -0.25) is 4.90 Å². The Hall–Kier alpha value is 0.137. The normalized spacial score (nSPS) is 14.0. The lowest BCUT2D eigenvalue weighted by Gasteiger charge is -2.45. The molecule has 0 fully saturated rings. The van der Waals surface area contributed by atoms with Crippen molar-refractivity contribution < 1.29 is 4.43 Å². The summed E-state index contributed by atoms with van der Waals surface area (Å²) in [7, 11) is -0.864. The van der Waals surface area contributed by atoms with Crippen LogP contribution in [0, 0.1) is 0 Å². The highest BCUT2D eigenvalue weighted by molar-refractivity contribution is 6.48. The summed E-state index contributed by atoms with van der Waals surface area (Å²) in [5.41, 5.74) is 0.417. The van der Waals surface area contributed by atoms with Crippen molar-refractivity contribution >= 4 is 9.04 Å². The largest absolute Gasteiger partial charge is 0.419 e. The van der Waals surface area contributed by atoms with Crippen molar-refractivity contribution in [1.29, 1.82) is 0 Å². The van der Waals surface area contributed by atoms with Gasteiger partial charge in [0.1, 0.15) is 0 Å². The van der Waals surface area contributed by atoms with Crippen LogP contribution in [0.2, 0.25) is 13.1 Å². The van der Waals surface area contributed by atoms with Gasteiger partial charge in [-0.2, -0.15) is 0 Å². The number of rotatable bonds is 4. The highest BCUT2D eigenvalue weighted by Crippen LogP contribution is 2.23. The maximum Gasteiger partial charge on any atom is 0.170 e. The van der Waals surface area contributed by atoms with Crippen molar-refractivity contribution in [3.05, 3.63) is 0 Å². The molecule has 15 heavy (non-hydrogen) atoms. The van der Waals surface area contributed by atoms with Crippen LogP contribution in [0.3, 0.4) is 0 Å². The van der Waals surface area contributed by atoms with Crippen LogP contribution in [0.15, 0.2) is 0 Å². The van der Waals surface area contributed by atoms with E-state index in [1.165, 1.54) is 0 Å². The van der Waals surface area contributed by atoms with Crippen molar-refractivity contribution in [2.24, 2.45) is 0 Å². The molecule has 0 aliphatic heterocycles. The molecule has 0 unspecified atom stereocenters. The van der Waals surface area contributed by atoms with Crippen molar-refractivity contribution in [2.45, 2.75) is 65.7 Å². The molecule has 0 aliphatic rings. The molecule has 0 rings (SSSR count). The third-order valence-electron chi connectivity index (χ3n) is 2.39. The fraction of sp³-hybridized carbons (Fsp3) is 1.00. The Labute approximate surface area is 97.7 Å². The van der Waals surface area contributed by atoms with E-state index in [9.17, 15) is 0 Å². The van der Waals surface area contributed by atoms with Gasteiger partial charge in [0.2, 0.25) is 0 Å². The van der Waals surface area contributed by atoms with E-state index in [1.54, 1.807) is 0 Å². The van der Waals surface area contributed by atoms with Crippen LogP contribution in [-0.2, 0) is 4.43 Å². The fourth-order valence-corrected chi connectivity index (χ4v) is 2.63. The number of hydrogen-bond acceptors (Lipinski definition) is 2. The highest BCUT2D eigenvalue weighted by Gasteiger charge is 2.30. The molecule has 0 bridgehead atoms. The topological polar surface area (TPSA) is 12.5 Å². The minimum absolute atomic E-state index is 0.208. The Morgan fingerprint density at radius 3 is 1.60 bits per heavy atom. The molecule has 0 amide bonds. The van der Waals surface area contributed by atoms with Gasteiger partial charge in [0.25, 0.3) is 0 Å². The van der Waals surface area contributed by atoms with E-state index in [4.69, 9.17) is 4.43 Å². The van der Waals surface area contributed by atoms with Gasteiger partial charge in [0.15, 0.2) is 9.04 Å². The lowest BCUT2D eigenvalue weighted by Crippen LogP contribution is -2.53. The van der Waals surface area contributed by atoms with Crippen LogP contribution >= 0.6 is 0 Å². The monoisotopic (exact) mass is 231 g/mol. The maximum atomic E-state index is 5.76. The highest BCUT2D eigenvalue weighted by atomic mass is 28.3. The molecule has 0 aliphatic carbocycles. The second kappa shape index (κ2) is 5.46. The molecule has 0 aromatic rings. The molecule has 2 nitrogen and oxygen atoms in total. The van der Waals surface area contributed by atoms with Crippen molar-refractivity contribution in [2.75, 3.05) is 13.2 Å². The molecule has 92 valence electrons. The van der Waals surface area contributed by atoms with E-state index in [1.807, 2.05) is 0 Å². The third-order valence-corrected chi connectivity index (χ3v) is 3.29. The number of hydrogen-bond donors (Lipinski definition) is 0. The molecule has 0 heterocycles. The summed E-state index contributed by atoms with van der Waals surface area (Å²) in [6.07, 6.45) is 0. The molecule has 0 saturated carbocycles. The van der Waals surface area contributed by atoms with Crippen molar-refractivity contribution in [3.63, 3.8) is 0 Å². The van der Waals surface area contributed by atoms with Gasteiger partial charge in [-0.1, -0.05) is 0 Å². The first kappa shape index (κ1) is 15.1. The molecule has 0 spiro atoms. The standard InChI is InChI=1S/C12H29NOSi/c1-11(2,3)13(12(4,5)6)9-10-14-15(7)8/h15H,9-10H2,1-8H3. The van der Waals surface area contributed by atoms with Gasteiger partial charge in [0, 0.05) is 24.2 Å². The second-order valence-corrected chi connectivity index (χ2v) is 8.84. The quantitative estimate of drug-likeness (QED) is 0.690. The Bertz CT molecular complexity index is 165. The molecule has 0 aromatic heterocycles. The zero-order chi connectivity index (χ0) is 12.3. The van der Waals surface area contributed by atoms with Crippen LogP contribution in [-0.4, -0.2) is 38.2 Å². The van der Waals surface area contributed by atoms with Gasteiger partial charge >= 0.3 is 0 Å². The van der Waals surface area contributed by atoms with Gasteiger partial charge in [0.05, 0.1) is 0 Å². The molecule has 0 radical (unpaired) electrons. The first-order valence-electron chi connectivity index (χ1n) is 5.94. The van der Waals surface area contributed by atoms with E-state index >= 15 is 0 Å². The van der Waals surface area contributed by atoms with E-state index in [0.29, 0.717) is 0 Å². The fourth-order valence-electron chi connectivity index (χ4n) is 2.06. The maximum absolute atomic E-state index is 5.76. The van der Waals surface area contributed by atoms with Crippen LogP contribution in [0.4, 0.5) is 0 Å². The molecule has 3 heteroatoms. The molecule has 0 N–H and O–H groups in total. The van der Waals surface area contributed by atoms with Crippen molar-refractivity contribution in [1.82, 2.24) is 4.90 Å². The molecule has 0 atom stereocenters. The average molecular weight is 231 g/mol. The van der Waals surface area contributed by atoms with E-state index in [0.717, 1.165) is 13.2 Å². The summed E-state index contributed by atoms with van der Waals surface area (Å²) in [4.78, 5) is 2.51. The summed E-state index contributed by atoms with van der Waals surface area (Å²) in [5, 5.41) is 0. The summed E-state index contributed by atoms with van der Waals surface area (Å²) in [6.45, 7) is 20.0. The molecular weight excluding hydrogens is 202 g/mol. The van der Waals surface area contributed by atoms with Crippen LogP contribution in [0.1, 0.15) is 41.5 Å². The van der Waals surface area contributed by atoms with Crippen LogP contribution < -0.4 is 0 Å². The van der Waals surface area contributed by atoms with E-state index in [2.05, 4.69) is 59.5 Å². The third kappa shape index (κ3) is 6.33. The van der Waals surface area contributed by atoms with Crippen molar-refractivity contribution in [3.8, 4) is 0 Å². The average Bonchev–Trinajstić information content (AvgIpc) is 1.92. The summed E-state index contributed by atoms with van der Waals surface area (Å²) >= 11 is 0. The Morgan fingerprint density at radius 1 is 0.933 bits per heavy atom. The van der Waals surface area contributed by atoms with E-state index in [-0.39, 0.29) is 11.1 Å². The number of nitrogens with zero attached hydrogens (tertiary/aromatic N) is 1. The lowest BCUT2D eigenvalue weighted by atomic mass is 9.96. The van der Waals surface area contributed by atoms with Gasteiger partial charge in [-0.25, -0.2) is 0 Å². The minimum atomic E-state index is -0.864. The van der Waals surface area contributed by atoms with E-state index < -0.39 is 9.04 Å². The molecule has 0 saturated heterocycles. The van der Waals surface area contributed by atoms with Crippen LogP contribution in [0.5, 0.6) is 0 Å². The predicted molar refractivity (Wildman–Crippen MR) is 71.0 cm³/mol. The zero-order valence-electron chi connectivity index (χ0n) is 11.8. The van der Waals surface area contributed by atoms with Gasteiger partial charge < -0.3 is 4.43 Å². The minimum Gasteiger partial charge on any atom is -0.419 e. The first-order valence-corrected chi connectivity index (χ1v) is 8.72. The Balaban J connectivity index is 4.29. The van der Waals surface area contributed by atoms with Gasteiger partial charge in [-0.15, -0.1) is 0 Å². The summed E-state index contributed by atoms with van der Waals surface area (Å²) in [6, 6.07) is 0. The Morgan fingerprint density at radius 2 is 1.33 bits per heavy atom. The van der Waals surface area contributed by atoms with Crippen LogP contribution in [0.25, 0.3) is 0 Å². The first-order chi connectivity index (χ1) is 6.55. The lowest BCUT2D eigenvalue weighted by molar-refractivity contribution is 0.0257. The summed E-state index contributed by atoms with van der Waals surface area (Å²) < 4.78 is 5.76. The molecule has 0 aromatic carbocycles.